The van der Waals surface area contributed by atoms with Crippen molar-refractivity contribution in [3.63, 3.8) is 0 Å². The summed E-state index contributed by atoms with van der Waals surface area (Å²) in [4.78, 5) is 31.3. The van der Waals surface area contributed by atoms with Crippen molar-refractivity contribution in [1.82, 2.24) is 20.0 Å². The first-order valence-electron chi connectivity index (χ1n) is 12.0. The summed E-state index contributed by atoms with van der Waals surface area (Å²) in [6, 6.07) is 12.2. The Kier molecular flexibility index (Phi) is 8.42. The predicted molar refractivity (Wildman–Crippen MR) is 132 cm³/mol. The lowest BCUT2D eigenvalue weighted by Crippen LogP contribution is -2.52. The zero-order valence-electron chi connectivity index (χ0n) is 20.6. The van der Waals surface area contributed by atoms with Gasteiger partial charge in [-0.1, -0.05) is 57.5 Å². The molecule has 0 spiro atoms. The molecule has 2 amide bonds. The highest BCUT2D eigenvalue weighted by Gasteiger charge is 2.26. The monoisotopic (exact) mass is 451 g/mol. The zero-order chi connectivity index (χ0) is 24.0. The number of rotatable bonds is 8. The lowest BCUT2D eigenvalue weighted by molar-refractivity contribution is -0.142. The van der Waals surface area contributed by atoms with E-state index in [1.807, 2.05) is 30.9 Å². The molecule has 2 aromatic rings. The molecule has 2 heterocycles. The third-order valence-electron chi connectivity index (χ3n) is 6.06. The lowest BCUT2D eigenvalue weighted by Gasteiger charge is -2.36. The molecule has 1 aliphatic rings. The van der Waals surface area contributed by atoms with Crippen LogP contribution in [0.3, 0.4) is 0 Å². The minimum Gasteiger partial charge on any atom is -0.352 e. The zero-order valence-corrected chi connectivity index (χ0v) is 20.6. The largest absolute Gasteiger partial charge is 0.352 e. The van der Waals surface area contributed by atoms with Crippen molar-refractivity contribution in [2.24, 2.45) is 11.8 Å². The van der Waals surface area contributed by atoms with E-state index in [0.717, 1.165) is 23.5 Å². The van der Waals surface area contributed by atoms with Gasteiger partial charge < -0.3 is 14.7 Å². The van der Waals surface area contributed by atoms with E-state index in [4.69, 9.17) is 0 Å². The molecule has 0 atom stereocenters. The molecule has 0 unspecified atom stereocenters. The third kappa shape index (κ3) is 6.76. The van der Waals surface area contributed by atoms with Crippen molar-refractivity contribution in [2.45, 2.75) is 41.0 Å². The van der Waals surface area contributed by atoms with Gasteiger partial charge in [-0.15, -0.1) is 10.2 Å². The highest BCUT2D eigenvalue weighted by atomic mass is 16.2. The number of nitrogens with zero attached hydrogens (tertiary/aromatic N) is 5. The highest BCUT2D eigenvalue weighted by Crippen LogP contribution is 2.20. The van der Waals surface area contributed by atoms with Crippen LogP contribution in [0.25, 0.3) is 11.3 Å². The number of piperazine rings is 1. The van der Waals surface area contributed by atoms with E-state index < -0.39 is 0 Å². The quantitative estimate of drug-likeness (QED) is 0.613. The number of aromatic nitrogens is 2. The fourth-order valence-electron chi connectivity index (χ4n) is 3.87. The van der Waals surface area contributed by atoms with Gasteiger partial charge in [-0.3, -0.25) is 9.59 Å². The van der Waals surface area contributed by atoms with Crippen LogP contribution in [0.1, 0.15) is 39.7 Å². The van der Waals surface area contributed by atoms with Crippen molar-refractivity contribution in [1.29, 1.82) is 0 Å². The first-order chi connectivity index (χ1) is 15.7. The predicted octanol–water partition coefficient (Wildman–Crippen LogP) is 3.63. The summed E-state index contributed by atoms with van der Waals surface area (Å²) in [6.07, 6.45) is 0.900. The second-order valence-corrected chi connectivity index (χ2v) is 9.61. The second-order valence-electron chi connectivity index (χ2n) is 9.61. The number of benzene rings is 1. The van der Waals surface area contributed by atoms with Crippen LogP contribution in [-0.2, 0) is 9.59 Å². The van der Waals surface area contributed by atoms with Gasteiger partial charge in [0.1, 0.15) is 0 Å². The van der Waals surface area contributed by atoms with E-state index in [2.05, 4.69) is 60.1 Å². The lowest BCUT2D eigenvalue weighted by atomic mass is 10.1. The van der Waals surface area contributed by atoms with Crippen molar-refractivity contribution >= 4 is 17.6 Å². The van der Waals surface area contributed by atoms with Gasteiger partial charge in [0.25, 0.3) is 0 Å². The smallest absolute Gasteiger partial charge is 0.242 e. The van der Waals surface area contributed by atoms with E-state index in [9.17, 15) is 9.59 Å². The molecule has 1 aliphatic heterocycles. The van der Waals surface area contributed by atoms with E-state index >= 15 is 0 Å². The topological polar surface area (TPSA) is 69.6 Å². The SMILES string of the molecule is Cc1ccc(-c2ccc(N3CCN(C(=O)CN(CCC(C)C)C(=O)C(C)C)CC3)nn2)cc1. The van der Waals surface area contributed by atoms with Crippen LogP contribution in [0.4, 0.5) is 5.82 Å². The Morgan fingerprint density at radius 1 is 0.939 bits per heavy atom. The standard InChI is InChI=1S/C26H37N5O2/c1-19(2)12-13-31(26(33)20(3)4)18-25(32)30-16-14-29(15-17-30)24-11-10-23(27-28-24)22-8-6-21(5)7-9-22/h6-11,19-20H,12-18H2,1-5H3. The normalized spacial score (nSPS) is 14.2. The molecular weight excluding hydrogens is 414 g/mol. The third-order valence-corrected chi connectivity index (χ3v) is 6.06. The molecule has 1 aromatic carbocycles. The number of hydrogen-bond donors (Lipinski definition) is 0. The van der Waals surface area contributed by atoms with Crippen LogP contribution < -0.4 is 4.90 Å². The fourth-order valence-corrected chi connectivity index (χ4v) is 3.87. The van der Waals surface area contributed by atoms with Crippen molar-refractivity contribution in [2.75, 3.05) is 44.2 Å². The van der Waals surface area contributed by atoms with E-state index in [0.29, 0.717) is 38.6 Å². The van der Waals surface area contributed by atoms with Crippen LogP contribution in [0.15, 0.2) is 36.4 Å². The van der Waals surface area contributed by atoms with Gasteiger partial charge in [-0.25, -0.2) is 0 Å². The maximum Gasteiger partial charge on any atom is 0.242 e. The Hall–Kier alpha value is -2.96. The van der Waals surface area contributed by atoms with Gasteiger partial charge in [-0.2, -0.15) is 0 Å². The number of carbonyl (C=O) groups is 2. The summed E-state index contributed by atoms with van der Waals surface area (Å²) in [6.45, 7) is 13.5. The molecule has 0 radical (unpaired) electrons. The Morgan fingerprint density at radius 2 is 1.61 bits per heavy atom. The van der Waals surface area contributed by atoms with Crippen LogP contribution in [0.5, 0.6) is 0 Å². The summed E-state index contributed by atoms with van der Waals surface area (Å²) in [5, 5.41) is 8.82. The van der Waals surface area contributed by atoms with Crippen molar-refractivity contribution in [3.05, 3.63) is 42.0 Å². The van der Waals surface area contributed by atoms with Crippen LogP contribution >= 0.6 is 0 Å². The van der Waals surface area contributed by atoms with E-state index in [1.54, 1.807) is 4.90 Å². The van der Waals surface area contributed by atoms with Gasteiger partial charge in [-0.05, 0) is 31.4 Å². The minimum absolute atomic E-state index is 0.0215. The first-order valence-corrected chi connectivity index (χ1v) is 12.0. The fraction of sp³-hybridized carbons (Fsp3) is 0.538. The molecular formula is C26H37N5O2. The molecule has 178 valence electrons. The first kappa shape index (κ1) is 24.7. The molecule has 7 heteroatoms. The maximum absolute atomic E-state index is 12.9. The molecule has 1 saturated heterocycles. The molecule has 3 rings (SSSR count). The molecule has 1 fully saturated rings. The average molecular weight is 452 g/mol. The summed E-state index contributed by atoms with van der Waals surface area (Å²) in [5.74, 6) is 1.28. The molecule has 0 bridgehead atoms. The highest BCUT2D eigenvalue weighted by molar-refractivity contribution is 5.85. The van der Waals surface area contributed by atoms with Gasteiger partial charge in [0, 0.05) is 44.2 Å². The van der Waals surface area contributed by atoms with Gasteiger partial charge in [0.05, 0.1) is 12.2 Å². The molecule has 33 heavy (non-hydrogen) atoms. The number of anilines is 1. The Balaban J connectivity index is 1.55. The average Bonchev–Trinajstić information content (AvgIpc) is 2.81. The van der Waals surface area contributed by atoms with Gasteiger partial charge >= 0.3 is 0 Å². The Bertz CT molecular complexity index is 917. The van der Waals surface area contributed by atoms with E-state index in [-0.39, 0.29) is 24.3 Å². The summed E-state index contributed by atoms with van der Waals surface area (Å²) >= 11 is 0. The summed E-state index contributed by atoms with van der Waals surface area (Å²) < 4.78 is 0. The van der Waals surface area contributed by atoms with Crippen LogP contribution in [-0.4, -0.2) is 71.1 Å². The number of aryl methyl sites for hydroxylation is 1. The Labute approximate surface area is 197 Å². The van der Waals surface area contributed by atoms with Crippen molar-refractivity contribution in [3.8, 4) is 11.3 Å². The number of amides is 2. The molecule has 0 saturated carbocycles. The molecule has 0 aliphatic carbocycles. The summed E-state index contributed by atoms with van der Waals surface area (Å²) in [7, 11) is 0. The molecule has 1 aromatic heterocycles. The number of hydrogen-bond acceptors (Lipinski definition) is 5. The van der Waals surface area contributed by atoms with Gasteiger partial charge in [0.2, 0.25) is 11.8 Å². The molecule has 7 nitrogen and oxygen atoms in total. The van der Waals surface area contributed by atoms with Crippen molar-refractivity contribution < 1.29 is 9.59 Å². The minimum atomic E-state index is -0.108. The number of carbonyl (C=O) groups excluding carboxylic acids is 2. The second kappa shape index (κ2) is 11.3. The molecule has 0 N–H and O–H groups in total. The Morgan fingerprint density at radius 3 is 2.15 bits per heavy atom. The maximum atomic E-state index is 12.9. The van der Waals surface area contributed by atoms with Crippen LogP contribution in [0, 0.1) is 18.8 Å². The van der Waals surface area contributed by atoms with Crippen LogP contribution in [0.2, 0.25) is 0 Å². The summed E-state index contributed by atoms with van der Waals surface area (Å²) in [5.41, 5.74) is 3.12. The van der Waals surface area contributed by atoms with Gasteiger partial charge in [0.15, 0.2) is 5.82 Å². The van der Waals surface area contributed by atoms with E-state index in [1.165, 1.54) is 5.56 Å².